The second-order valence-corrected chi connectivity index (χ2v) is 7.82. The Morgan fingerprint density at radius 3 is 2.70 bits per heavy atom. The number of sulfonamides is 1. The first kappa shape index (κ1) is 17.9. The molecular weight excluding hydrogens is 316 g/mol. The zero-order valence-corrected chi connectivity index (χ0v) is 14.2. The van der Waals surface area contributed by atoms with E-state index in [1.54, 1.807) is 24.3 Å². The normalized spacial score (nSPS) is 19.5. The molecule has 0 bridgehead atoms. The van der Waals surface area contributed by atoms with Crippen LogP contribution in [-0.4, -0.2) is 50.0 Å². The van der Waals surface area contributed by atoms with E-state index in [0.29, 0.717) is 32.4 Å². The Kier molecular flexibility index (Phi) is 6.15. The molecule has 0 radical (unpaired) electrons. The summed E-state index contributed by atoms with van der Waals surface area (Å²) in [5.41, 5.74) is 1.00. The van der Waals surface area contributed by atoms with Gasteiger partial charge in [-0.3, -0.25) is 4.79 Å². The molecular formula is C16H24N2O4S. The molecule has 1 amide bonds. The van der Waals surface area contributed by atoms with Gasteiger partial charge in [0.1, 0.15) is 0 Å². The van der Waals surface area contributed by atoms with Crippen LogP contribution in [0.4, 0.5) is 0 Å². The summed E-state index contributed by atoms with van der Waals surface area (Å²) in [6, 6.07) is 6.76. The zero-order chi connectivity index (χ0) is 16.9. The number of nitrogens with one attached hydrogen (secondary N) is 1. The summed E-state index contributed by atoms with van der Waals surface area (Å²) in [6.07, 6.45) is 1.86. The maximum Gasteiger partial charge on any atom is 0.243 e. The van der Waals surface area contributed by atoms with E-state index in [2.05, 4.69) is 5.32 Å². The van der Waals surface area contributed by atoms with Crippen LogP contribution in [0.15, 0.2) is 29.2 Å². The van der Waals surface area contributed by atoms with Crippen molar-refractivity contribution in [3.63, 3.8) is 0 Å². The summed E-state index contributed by atoms with van der Waals surface area (Å²) in [5.74, 6) is -0.468. The topological polar surface area (TPSA) is 86.7 Å². The number of aryl methyl sites for hydroxylation is 1. The highest BCUT2D eigenvalue weighted by atomic mass is 32.2. The molecule has 2 N–H and O–H groups in total. The molecule has 0 aromatic heterocycles. The van der Waals surface area contributed by atoms with Gasteiger partial charge in [-0.2, -0.15) is 4.31 Å². The van der Waals surface area contributed by atoms with E-state index in [-0.39, 0.29) is 29.9 Å². The van der Waals surface area contributed by atoms with Crippen molar-refractivity contribution >= 4 is 15.9 Å². The van der Waals surface area contributed by atoms with Gasteiger partial charge in [-0.05, 0) is 38.3 Å². The van der Waals surface area contributed by atoms with E-state index in [4.69, 9.17) is 5.11 Å². The predicted molar refractivity (Wildman–Crippen MR) is 87.4 cm³/mol. The van der Waals surface area contributed by atoms with Crippen molar-refractivity contribution in [3.05, 3.63) is 29.8 Å². The van der Waals surface area contributed by atoms with Gasteiger partial charge >= 0.3 is 0 Å². The van der Waals surface area contributed by atoms with Crippen molar-refractivity contribution in [1.29, 1.82) is 0 Å². The van der Waals surface area contributed by atoms with Crippen LogP contribution >= 0.6 is 0 Å². The molecule has 2 rings (SSSR count). The minimum absolute atomic E-state index is 0.0267. The minimum atomic E-state index is -3.56. The zero-order valence-electron chi connectivity index (χ0n) is 13.4. The van der Waals surface area contributed by atoms with Crippen molar-refractivity contribution < 1.29 is 18.3 Å². The highest BCUT2D eigenvalue weighted by Gasteiger charge is 2.33. The van der Waals surface area contributed by atoms with E-state index < -0.39 is 10.0 Å². The number of amides is 1. The fraction of sp³-hybridized carbons (Fsp3) is 0.562. The average Bonchev–Trinajstić information content (AvgIpc) is 2.55. The quantitative estimate of drug-likeness (QED) is 0.753. The lowest BCUT2D eigenvalue weighted by Crippen LogP contribution is -2.45. The lowest BCUT2D eigenvalue weighted by Gasteiger charge is -2.31. The highest BCUT2D eigenvalue weighted by Crippen LogP contribution is 2.24. The Balaban J connectivity index is 2.05. The van der Waals surface area contributed by atoms with E-state index in [0.717, 1.165) is 5.56 Å². The summed E-state index contributed by atoms with van der Waals surface area (Å²) in [7, 11) is -3.56. The molecule has 23 heavy (non-hydrogen) atoms. The fourth-order valence-corrected chi connectivity index (χ4v) is 4.19. The molecule has 128 valence electrons. The molecule has 1 fully saturated rings. The SMILES string of the molecule is Cc1ccc(S(=O)(=O)N2CCC[C@@H](C(=O)NCCCO)C2)cc1. The maximum atomic E-state index is 12.7. The van der Waals surface area contributed by atoms with Gasteiger partial charge in [-0.25, -0.2) is 8.42 Å². The van der Waals surface area contributed by atoms with Gasteiger partial charge in [0.2, 0.25) is 15.9 Å². The predicted octanol–water partition coefficient (Wildman–Crippen LogP) is 0.894. The molecule has 1 saturated heterocycles. The number of carbonyl (C=O) groups excluding carboxylic acids is 1. The fourth-order valence-electron chi connectivity index (χ4n) is 2.67. The molecule has 7 heteroatoms. The number of nitrogens with zero attached hydrogens (tertiary/aromatic N) is 1. The largest absolute Gasteiger partial charge is 0.396 e. The van der Waals surface area contributed by atoms with Crippen LogP contribution in [0.2, 0.25) is 0 Å². The van der Waals surface area contributed by atoms with Crippen molar-refractivity contribution in [1.82, 2.24) is 9.62 Å². The number of carbonyl (C=O) groups is 1. The van der Waals surface area contributed by atoms with Gasteiger partial charge in [0.05, 0.1) is 10.8 Å². The van der Waals surface area contributed by atoms with Crippen LogP contribution in [0, 0.1) is 12.8 Å². The number of benzene rings is 1. The highest BCUT2D eigenvalue weighted by molar-refractivity contribution is 7.89. The van der Waals surface area contributed by atoms with Crippen molar-refractivity contribution in [2.24, 2.45) is 5.92 Å². The Morgan fingerprint density at radius 1 is 1.35 bits per heavy atom. The van der Waals surface area contributed by atoms with Crippen LogP contribution in [0.5, 0.6) is 0 Å². The third-order valence-corrected chi connectivity index (χ3v) is 5.93. The second-order valence-electron chi connectivity index (χ2n) is 5.88. The third-order valence-electron chi connectivity index (χ3n) is 4.05. The molecule has 1 aromatic carbocycles. The van der Waals surface area contributed by atoms with E-state index in [1.807, 2.05) is 6.92 Å². The summed E-state index contributed by atoms with van der Waals surface area (Å²) in [5, 5.41) is 11.5. The van der Waals surface area contributed by atoms with Gasteiger partial charge in [-0.1, -0.05) is 17.7 Å². The average molecular weight is 340 g/mol. The maximum absolute atomic E-state index is 12.7. The van der Waals surface area contributed by atoms with Crippen molar-refractivity contribution in [2.75, 3.05) is 26.2 Å². The number of hydrogen-bond donors (Lipinski definition) is 2. The van der Waals surface area contributed by atoms with Gasteiger partial charge in [0, 0.05) is 26.2 Å². The monoisotopic (exact) mass is 340 g/mol. The van der Waals surface area contributed by atoms with Crippen LogP contribution in [-0.2, 0) is 14.8 Å². The van der Waals surface area contributed by atoms with Crippen molar-refractivity contribution in [2.45, 2.75) is 31.1 Å². The first-order chi connectivity index (χ1) is 10.9. The Bertz CT molecular complexity index is 628. The van der Waals surface area contributed by atoms with Gasteiger partial charge < -0.3 is 10.4 Å². The molecule has 1 aliphatic rings. The number of aliphatic hydroxyl groups excluding tert-OH is 1. The Hall–Kier alpha value is -1.44. The first-order valence-electron chi connectivity index (χ1n) is 7.90. The van der Waals surface area contributed by atoms with Crippen LogP contribution in [0.3, 0.4) is 0 Å². The molecule has 0 aliphatic carbocycles. The Labute approximate surface area is 137 Å². The Morgan fingerprint density at radius 2 is 2.04 bits per heavy atom. The molecule has 6 nitrogen and oxygen atoms in total. The number of rotatable bonds is 6. The number of piperidine rings is 1. The van der Waals surface area contributed by atoms with Crippen molar-refractivity contribution in [3.8, 4) is 0 Å². The van der Waals surface area contributed by atoms with E-state index in [1.165, 1.54) is 4.31 Å². The second kappa shape index (κ2) is 7.90. The lowest BCUT2D eigenvalue weighted by molar-refractivity contribution is -0.126. The van der Waals surface area contributed by atoms with Gasteiger partial charge in [0.15, 0.2) is 0 Å². The van der Waals surface area contributed by atoms with Gasteiger partial charge in [0.25, 0.3) is 0 Å². The van der Waals surface area contributed by atoms with E-state index >= 15 is 0 Å². The summed E-state index contributed by atoms with van der Waals surface area (Å²) in [6.45, 7) is 3.00. The molecule has 1 aromatic rings. The molecule has 1 aliphatic heterocycles. The molecule has 0 spiro atoms. The lowest BCUT2D eigenvalue weighted by atomic mass is 9.99. The molecule has 0 unspecified atom stereocenters. The van der Waals surface area contributed by atoms with E-state index in [9.17, 15) is 13.2 Å². The van der Waals surface area contributed by atoms with Crippen LogP contribution in [0.25, 0.3) is 0 Å². The molecule has 0 saturated carbocycles. The first-order valence-corrected chi connectivity index (χ1v) is 9.34. The third kappa shape index (κ3) is 4.53. The number of hydrogen-bond acceptors (Lipinski definition) is 4. The number of aliphatic hydroxyl groups is 1. The van der Waals surface area contributed by atoms with Crippen LogP contribution in [0.1, 0.15) is 24.8 Å². The summed E-state index contributed by atoms with van der Waals surface area (Å²) < 4.78 is 26.8. The standard InChI is InChI=1S/C16H24N2O4S/c1-13-5-7-15(8-6-13)23(21,22)18-10-2-4-14(12-18)16(20)17-9-3-11-19/h5-8,14,19H,2-4,9-12H2,1H3,(H,17,20)/t14-/m1/s1. The molecule has 1 atom stereocenters. The smallest absolute Gasteiger partial charge is 0.243 e. The molecule has 1 heterocycles. The summed E-state index contributed by atoms with van der Waals surface area (Å²) in [4.78, 5) is 12.4. The van der Waals surface area contributed by atoms with Crippen LogP contribution < -0.4 is 5.32 Å². The summed E-state index contributed by atoms with van der Waals surface area (Å²) >= 11 is 0. The van der Waals surface area contributed by atoms with Gasteiger partial charge in [-0.15, -0.1) is 0 Å². The minimum Gasteiger partial charge on any atom is -0.396 e.